The van der Waals surface area contributed by atoms with Crippen LogP contribution in [0.25, 0.3) is 5.69 Å². The lowest BCUT2D eigenvalue weighted by atomic mass is 10.1. The van der Waals surface area contributed by atoms with Crippen molar-refractivity contribution in [1.82, 2.24) is 9.78 Å². The third kappa shape index (κ3) is 4.50. The topological polar surface area (TPSA) is 46.9 Å². The molecule has 26 heavy (non-hydrogen) atoms. The smallest absolute Gasteiger partial charge is 0.326 e. The largest absolute Gasteiger partial charge is 0.416 e. The van der Waals surface area contributed by atoms with Crippen LogP contribution in [-0.4, -0.2) is 15.7 Å². The van der Waals surface area contributed by atoms with Gasteiger partial charge in [0.25, 0.3) is 0 Å². The molecule has 0 radical (unpaired) electrons. The Hall–Kier alpha value is -3.09. The van der Waals surface area contributed by atoms with Crippen molar-refractivity contribution in [3.63, 3.8) is 0 Å². The summed E-state index contributed by atoms with van der Waals surface area (Å²) in [7, 11) is 0. The highest BCUT2D eigenvalue weighted by molar-refractivity contribution is 5.90. The van der Waals surface area contributed by atoms with E-state index < -0.39 is 11.7 Å². The molecule has 7 heteroatoms. The number of benzene rings is 2. The number of hydrogen-bond acceptors (Lipinski definition) is 2. The highest BCUT2D eigenvalue weighted by atomic mass is 19.4. The molecule has 0 bridgehead atoms. The van der Waals surface area contributed by atoms with E-state index in [0.717, 1.165) is 23.4 Å². The second kappa shape index (κ2) is 7.43. The van der Waals surface area contributed by atoms with Gasteiger partial charge in [-0.25, -0.2) is 4.68 Å². The molecule has 3 aromatic rings. The molecule has 0 aliphatic carbocycles. The van der Waals surface area contributed by atoms with Crippen molar-refractivity contribution in [3.8, 4) is 5.69 Å². The second-order valence-electron chi connectivity index (χ2n) is 5.76. The zero-order valence-corrected chi connectivity index (χ0v) is 13.7. The van der Waals surface area contributed by atoms with Crippen LogP contribution in [0.2, 0.25) is 0 Å². The summed E-state index contributed by atoms with van der Waals surface area (Å²) in [4.78, 5) is 12.0. The molecule has 0 saturated heterocycles. The molecule has 134 valence electrons. The summed E-state index contributed by atoms with van der Waals surface area (Å²) in [5, 5.41) is 6.74. The summed E-state index contributed by atoms with van der Waals surface area (Å²) >= 11 is 0. The van der Waals surface area contributed by atoms with Crippen LogP contribution in [0.15, 0.2) is 67.0 Å². The molecule has 0 unspecified atom stereocenters. The first-order chi connectivity index (χ1) is 12.4. The zero-order valence-electron chi connectivity index (χ0n) is 13.7. The molecule has 0 fully saturated rings. The molecule has 3 rings (SSSR count). The number of para-hydroxylation sites is 1. The van der Waals surface area contributed by atoms with Crippen LogP contribution in [0.3, 0.4) is 0 Å². The molecule has 1 N–H and O–H groups in total. The average Bonchev–Trinajstić information content (AvgIpc) is 3.09. The lowest BCUT2D eigenvalue weighted by Gasteiger charge is -2.09. The Balaban J connectivity index is 1.57. The Bertz CT molecular complexity index is 888. The van der Waals surface area contributed by atoms with Crippen LogP contribution in [0, 0.1) is 0 Å². The Morgan fingerprint density at radius 3 is 2.58 bits per heavy atom. The predicted molar refractivity (Wildman–Crippen MR) is 92.0 cm³/mol. The minimum atomic E-state index is -4.44. The van der Waals surface area contributed by atoms with E-state index in [4.69, 9.17) is 0 Å². The number of nitrogens with zero attached hydrogens (tertiary/aromatic N) is 2. The highest BCUT2D eigenvalue weighted by Crippen LogP contribution is 2.30. The van der Waals surface area contributed by atoms with E-state index in [-0.39, 0.29) is 18.0 Å². The zero-order chi connectivity index (χ0) is 18.6. The molecular formula is C19H16F3N3O. The summed E-state index contributed by atoms with van der Waals surface area (Å²) < 4.78 is 39.8. The number of carbonyl (C=O) groups excluding carboxylic acids is 1. The summed E-state index contributed by atoms with van der Waals surface area (Å²) in [6.45, 7) is 0. The molecule has 0 saturated carbocycles. The number of anilines is 1. The maximum absolute atomic E-state index is 12.7. The highest BCUT2D eigenvalue weighted by Gasteiger charge is 2.30. The fourth-order valence-corrected chi connectivity index (χ4v) is 2.47. The molecule has 1 amide bonds. The third-order valence-electron chi connectivity index (χ3n) is 3.77. The third-order valence-corrected chi connectivity index (χ3v) is 3.77. The van der Waals surface area contributed by atoms with Crippen molar-refractivity contribution >= 4 is 11.6 Å². The molecule has 0 aliphatic heterocycles. The maximum Gasteiger partial charge on any atom is 0.416 e. The average molecular weight is 359 g/mol. The first kappa shape index (κ1) is 17.7. The van der Waals surface area contributed by atoms with Crippen LogP contribution in [0.4, 0.5) is 18.9 Å². The van der Waals surface area contributed by atoms with Crippen molar-refractivity contribution in [2.24, 2.45) is 0 Å². The van der Waals surface area contributed by atoms with Gasteiger partial charge in [-0.15, -0.1) is 0 Å². The van der Waals surface area contributed by atoms with E-state index in [0.29, 0.717) is 6.42 Å². The number of aromatic nitrogens is 2. The van der Waals surface area contributed by atoms with Crippen molar-refractivity contribution in [2.75, 3.05) is 5.32 Å². The van der Waals surface area contributed by atoms with Gasteiger partial charge in [0.05, 0.1) is 17.4 Å². The summed E-state index contributed by atoms with van der Waals surface area (Å²) in [6, 6.07) is 14.1. The molecule has 2 aromatic carbocycles. The standard InChI is InChI=1S/C19H16F3N3O/c20-19(21,22)15-5-4-6-16(11-15)24-18(26)10-9-14-12-23-25(13-14)17-7-2-1-3-8-17/h1-8,11-13H,9-10H2,(H,24,26). The SMILES string of the molecule is O=C(CCc1cnn(-c2ccccc2)c1)Nc1cccc(C(F)(F)F)c1. The first-order valence-corrected chi connectivity index (χ1v) is 7.98. The molecule has 1 aromatic heterocycles. The number of amides is 1. The lowest BCUT2D eigenvalue weighted by molar-refractivity contribution is -0.137. The summed E-state index contributed by atoms with van der Waals surface area (Å²) in [6.07, 6.45) is -0.349. The summed E-state index contributed by atoms with van der Waals surface area (Å²) in [5.74, 6) is -0.350. The van der Waals surface area contributed by atoms with Crippen molar-refractivity contribution < 1.29 is 18.0 Å². The molecule has 0 spiro atoms. The minimum absolute atomic E-state index is 0.129. The lowest BCUT2D eigenvalue weighted by Crippen LogP contribution is -2.13. The molecule has 0 aliphatic rings. The molecule has 0 atom stereocenters. The van der Waals surface area contributed by atoms with Gasteiger partial charge in [-0.2, -0.15) is 18.3 Å². The Labute approximate surface area is 148 Å². The van der Waals surface area contributed by atoms with Gasteiger partial charge in [-0.1, -0.05) is 24.3 Å². The second-order valence-corrected chi connectivity index (χ2v) is 5.76. The molecule has 1 heterocycles. The van der Waals surface area contributed by atoms with E-state index in [1.807, 2.05) is 36.5 Å². The minimum Gasteiger partial charge on any atom is -0.326 e. The number of aryl methyl sites for hydroxylation is 1. The van der Waals surface area contributed by atoms with E-state index in [1.54, 1.807) is 10.9 Å². The van der Waals surface area contributed by atoms with Gasteiger partial charge in [0.2, 0.25) is 5.91 Å². The van der Waals surface area contributed by atoms with Gasteiger partial charge in [0.15, 0.2) is 0 Å². The van der Waals surface area contributed by atoms with Gasteiger partial charge in [-0.05, 0) is 42.3 Å². The van der Waals surface area contributed by atoms with E-state index in [9.17, 15) is 18.0 Å². The van der Waals surface area contributed by atoms with Gasteiger partial charge in [0.1, 0.15) is 0 Å². The van der Waals surface area contributed by atoms with E-state index >= 15 is 0 Å². The van der Waals surface area contributed by atoms with Crippen LogP contribution in [-0.2, 0) is 17.4 Å². The number of nitrogens with one attached hydrogen (secondary N) is 1. The van der Waals surface area contributed by atoms with Gasteiger partial charge in [-0.3, -0.25) is 4.79 Å². The quantitative estimate of drug-likeness (QED) is 0.731. The number of hydrogen-bond donors (Lipinski definition) is 1. The normalized spacial score (nSPS) is 11.3. The van der Waals surface area contributed by atoms with Crippen molar-refractivity contribution in [2.45, 2.75) is 19.0 Å². The van der Waals surface area contributed by atoms with Gasteiger partial charge < -0.3 is 5.32 Å². The van der Waals surface area contributed by atoms with Gasteiger partial charge in [0, 0.05) is 18.3 Å². The van der Waals surface area contributed by atoms with Gasteiger partial charge >= 0.3 is 6.18 Å². The maximum atomic E-state index is 12.7. The molecular weight excluding hydrogens is 343 g/mol. The Kier molecular flexibility index (Phi) is 5.06. The summed E-state index contributed by atoms with van der Waals surface area (Å²) in [5.41, 5.74) is 1.12. The predicted octanol–water partition coefficient (Wildman–Crippen LogP) is 4.46. The van der Waals surface area contributed by atoms with Crippen LogP contribution in [0.1, 0.15) is 17.5 Å². The number of rotatable bonds is 5. The number of halogens is 3. The van der Waals surface area contributed by atoms with Crippen molar-refractivity contribution in [1.29, 1.82) is 0 Å². The molecule has 4 nitrogen and oxygen atoms in total. The van der Waals surface area contributed by atoms with E-state index in [1.165, 1.54) is 12.1 Å². The first-order valence-electron chi connectivity index (χ1n) is 7.98. The number of carbonyl (C=O) groups is 1. The van der Waals surface area contributed by atoms with Crippen molar-refractivity contribution in [3.05, 3.63) is 78.1 Å². The fraction of sp³-hybridized carbons (Fsp3) is 0.158. The Morgan fingerprint density at radius 2 is 1.85 bits per heavy atom. The number of alkyl halides is 3. The van der Waals surface area contributed by atoms with Crippen LogP contribution in [0.5, 0.6) is 0 Å². The van der Waals surface area contributed by atoms with Crippen LogP contribution < -0.4 is 5.32 Å². The van der Waals surface area contributed by atoms with Crippen LogP contribution >= 0.6 is 0 Å². The fourth-order valence-electron chi connectivity index (χ4n) is 2.47. The Morgan fingerprint density at radius 1 is 1.08 bits per heavy atom. The van der Waals surface area contributed by atoms with E-state index in [2.05, 4.69) is 10.4 Å². The monoisotopic (exact) mass is 359 g/mol.